The van der Waals surface area contributed by atoms with Crippen molar-refractivity contribution in [3.63, 3.8) is 0 Å². The van der Waals surface area contributed by atoms with E-state index in [4.69, 9.17) is 0 Å². The highest BCUT2D eigenvalue weighted by molar-refractivity contribution is 9.10. The predicted molar refractivity (Wildman–Crippen MR) is 79.0 cm³/mol. The van der Waals surface area contributed by atoms with Crippen LogP contribution in [0.15, 0.2) is 41.1 Å². The number of hydrogen-bond acceptors (Lipinski definition) is 2. The van der Waals surface area contributed by atoms with Crippen molar-refractivity contribution in [1.29, 1.82) is 0 Å². The van der Waals surface area contributed by atoms with Crippen LogP contribution in [0, 0.1) is 0 Å². The first-order chi connectivity index (χ1) is 9.19. The number of hydrogen-bond donors (Lipinski definition) is 1. The number of halogens is 1. The molecule has 1 aromatic carbocycles. The molecule has 0 aliphatic heterocycles. The molecule has 2 aromatic rings. The monoisotopic (exact) mass is 321 g/mol. The zero-order valence-electron chi connectivity index (χ0n) is 10.8. The molecule has 0 atom stereocenters. The number of anilines is 1. The number of imidazole rings is 1. The van der Waals surface area contributed by atoms with Crippen molar-refractivity contribution in [3.8, 4) is 0 Å². The van der Waals surface area contributed by atoms with E-state index < -0.39 is 0 Å². The van der Waals surface area contributed by atoms with Gasteiger partial charge in [0.2, 0.25) is 5.91 Å². The van der Waals surface area contributed by atoms with Crippen LogP contribution in [0.1, 0.15) is 19.2 Å². The van der Waals surface area contributed by atoms with E-state index in [9.17, 15) is 4.79 Å². The van der Waals surface area contributed by atoms with Gasteiger partial charge in [0.05, 0.1) is 0 Å². The van der Waals surface area contributed by atoms with E-state index in [0.717, 1.165) is 28.8 Å². The topological polar surface area (TPSA) is 46.9 Å². The van der Waals surface area contributed by atoms with Crippen LogP contribution in [0.2, 0.25) is 0 Å². The summed E-state index contributed by atoms with van der Waals surface area (Å²) in [4.78, 5) is 16.2. The van der Waals surface area contributed by atoms with Crippen LogP contribution in [0.5, 0.6) is 0 Å². The van der Waals surface area contributed by atoms with Crippen molar-refractivity contribution in [3.05, 3.63) is 47.0 Å². The van der Waals surface area contributed by atoms with Crippen LogP contribution in [-0.4, -0.2) is 15.5 Å². The minimum Gasteiger partial charge on any atom is -0.326 e. The Labute approximate surface area is 121 Å². The second-order valence-corrected chi connectivity index (χ2v) is 5.20. The molecule has 0 aliphatic carbocycles. The van der Waals surface area contributed by atoms with Gasteiger partial charge in [-0.2, -0.15) is 0 Å². The normalized spacial score (nSPS) is 10.4. The summed E-state index contributed by atoms with van der Waals surface area (Å²) in [5.41, 5.74) is 0.788. The fourth-order valence-electron chi connectivity index (χ4n) is 1.86. The summed E-state index contributed by atoms with van der Waals surface area (Å²) in [5.74, 6) is 0.903. The van der Waals surface area contributed by atoms with Gasteiger partial charge in [0.1, 0.15) is 12.4 Å². The van der Waals surface area contributed by atoms with E-state index in [1.807, 2.05) is 35.0 Å². The number of aromatic nitrogens is 2. The fraction of sp³-hybridized carbons (Fsp3) is 0.286. The first-order valence-electron chi connectivity index (χ1n) is 6.24. The van der Waals surface area contributed by atoms with Crippen LogP contribution in [0.25, 0.3) is 0 Å². The lowest BCUT2D eigenvalue weighted by atomic mass is 10.3. The summed E-state index contributed by atoms with van der Waals surface area (Å²) in [5, 5.41) is 2.87. The van der Waals surface area contributed by atoms with Crippen molar-refractivity contribution in [1.82, 2.24) is 9.55 Å². The zero-order chi connectivity index (χ0) is 13.7. The number of carbonyl (C=O) groups is 1. The molecule has 0 saturated carbocycles. The Kier molecular flexibility index (Phi) is 4.74. The smallest absolute Gasteiger partial charge is 0.244 e. The molecule has 100 valence electrons. The van der Waals surface area contributed by atoms with Gasteiger partial charge in [-0.05, 0) is 24.6 Å². The molecule has 0 spiro atoms. The second-order valence-electron chi connectivity index (χ2n) is 4.28. The second kappa shape index (κ2) is 6.52. The van der Waals surface area contributed by atoms with E-state index in [1.54, 1.807) is 6.20 Å². The molecule has 0 bridgehead atoms. The third-order valence-corrected chi connectivity index (χ3v) is 3.19. The Morgan fingerprint density at radius 3 is 3.05 bits per heavy atom. The van der Waals surface area contributed by atoms with E-state index in [-0.39, 0.29) is 5.91 Å². The van der Waals surface area contributed by atoms with Crippen molar-refractivity contribution < 1.29 is 4.79 Å². The third kappa shape index (κ3) is 3.92. The summed E-state index contributed by atoms with van der Waals surface area (Å²) >= 11 is 3.38. The third-order valence-electron chi connectivity index (χ3n) is 2.70. The summed E-state index contributed by atoms with van der Waals surface area (Å²) in [7, 11) is 0. The Morgan fingerprint density at radius 1 is 1.47 bits per heavy atom. The van der Waals surface area contributed by atoms with E-state index in [0.29, 0.717) is 6.54 Å². The first kappa shape index (κ1) is 13.8. The molecule has 0 unspecified atom stereocenters. The molecule has 1 amide bonds. The van der Waals surface area contributed by atoms with Gasteiger partial charge >= 0.3 is 0 Å². The fourth-order valence-corrected chi connectivity index (χ4v) is 2.26. The summed E-state index contributed by atoms with van der Waals surface area (Å²) in [6, 6.07) is 7.55. The Balaban J connectivity index is 1.99. The molecule has 0 aliphatic rings. The molecule has 19 heavy (non-hydrogen) atoms. The quantitative estimate of drug-likeness (QED) is 0.919. The number of benzene rings is 1. The van der Waals surface area contributed by atoms with E-state index in [2.05, 4.69) is 33.2 Å². The molecular formula is C14H16BrN3O. The van der Waals surface area contributed by atoms with Crippen LogP contribution in [0.4, 0.5) is 5.69 Å². The molecule has 2 rings (SSSR count). The maximum absolute atomic E-state index is 12.0. The highest BCUT2D eigenvalue weighted by Gasteiger charge is 2.07. The van der Waals surface area contributed by atoms with Gasteiger partial charge in [0.25, 0.3) is 0 Å². The first-order valence-corrected chi connectivity index (χ1v) is 7.03. The molecule has 1 aromatic heterocycles. The molecule has 4 nitrogen and oxygen atoms in total. The molecule has 0 fully saturated rings. The standard InChI is InChI=1S/C14H16BrN3O/c1-2-4-13-16-7-8-18(13)10-14(19)17-12-6-3-5-11(15)9-12/h3,5-9H,2,4,10H2,1H3,(H,17,19). The minimum absolute atomic E-state index is 0.0477. The number of carbonyl (C=O) groups excluding carboxylic acids is 1. The van der Waals surface area contributed by atoms with Crippen LogP contribution in [-0.2, 0) is 17.8 Å². The number of amides is 1. The maximum atomic E-state index is 12.0. The summed E-state index contributed by atoms with van der Waals surface area (Å²) in [6.07, 6.45) is 5.48. The number of nitrogens with one attached hydrogen (secondary N) is 1. The molecular weight excluding hydrogens is 306 g/mol. The molecule has 1 N–H and O–H groups in total. The van der Waals surface area contributed by atoms with Gasteiger partial charge in [-0.3, -0.25) is 4.79 Å². The van der Waals surface area contributed by atoms with Crippen molar-refractivity contribution in [2.45, 2.75) is 26.3 Å². The Morgan fingerprint density at radius 2 is 2.32 bits per heavy atom. The van der Waals surface area contributed by atoms with Crippen LogP contribution >= 0.6 is 15.9 Å². The van der Waals surface area contributed by atoms with Crippen LogP contribution in [0.3, 0.4) is 0 Å². The van der Waals surface area contributed by atoms with E-state index in [1.165, 1.54) is 0 Å². The number of nitrogens with zero attached hydrogens (tertiary/aromatic N) is 2. The lowest BCUT2D eigenvalue weighted by Gasteiger charge is -2.08. The highest BCUT2D eigenvalue weighted by atomic mass is 79.9. The van der Waals surface area contributed by atoms with Crippen LogP contribution < -0.4 is 5.32 Å². The zero-order valence-corrected chi connectivity index (χ0v) is 12.4. The van der Waals surface area contributed by atoms with Gasteiger partial charge in [-0.1, -0.05) is 28.9 Å². The Bertz CT molecular complexity index is 565. The lowest BCUT2D eigenvalue weighted by molar-refractivity contribution is -0.116. The summed E-state index contributed by atoms with van der Waals surface area (Å²) < 4.78 is 2.83. The average molecular weight is 322 g/mol. The van der Waals surface area contributed by atoms with Gasteiger partial charge in [-0.15, -0.1) is 0 Å². The lowest BCUT2D eigenvalue weighted by Crippen LogP contribution is -2.19. The van der Waals surface area contributed by atoms with Gasteiger partial charge < -0.3 is 9.88 Å². The predicted octanol–water partition coefficient (Wildman–Crippen LogP) is 3.24. The van der Waals surface area contributed by atoms with Crippen molar-refractivity contribution in [2.75, 3.05) is 5.32 Å². The Hall–Kier alpha value is -1.62. The number of aryl methyl sites for hydroxylation is 1. The average Bonchev–Trinajstić information content (AvgIpc) is 2.77. The summed E-state index contributed by atoms with van der Waals surface area (Å²) in [6.45, 7) is 2.39. The minimum atomic E-state index is -0.0477. The SMILES string of the molecule is CCCc1nccn1CC(=O)Nc1cccc(Br)c1. The number of rotatable bonds is 5. The molecule has 0 saturated heterocycles. The van der Waals surface area contributed by atoms with Gasteiger partial charge in [0.15, 0.2) is 0 Å². The molecule has 0 radical (unpaired) electrons. The van der Waals surface area contributed by atoms with Crippen molar-refractivity contribution >= 4 is 27.5 Å². The van der Waals surface area contributed by atoms with E-state index >= 15 is 0 Å². The largest absolute Gasteiger partial charge is 0.326 e. The van der Waals surface area contributed by atoms with Crippen molar-refractivity contribution in [2.24, 2.45) is 0 Å². The van der Waals surface area contributed by atoms with Gasteiger partial charge in [0, 0.05) is 29.0 Å². The van der Waals surface area contributed by atoms with Gasteiger partial charge in [-0.25, -0.2) is 4.98 Å². The highest BCUT2D eigenvalue weighted by Crippen LogP contribution is 2.15. The maximum Gasteiger partial charge on any atom is 0.244 e. The molecule has 5 heteroatoms. The molecule has 1 heterocycles.